The average molecular weight is 351 g/mol. The molecule has 2 aromatic carbocycles. The summed E-state index contributed by atoms with van der Waals surface area (Å²) < 4.78 is 10.7. The van der Waals surface area contributed by atoms with Gasteiger partial charge < -0.3 is 14.2 Å². The van der Waals surface area contributed by atoms with Crippen molar-refractivity contribution in [3.05, 3.63) is 53.9 Å². The third-order valence-electron chi connectivity index (χ3n) is 4.15. The second kappa shape index (κ2) is 7.39. The lowest BCUT2D eigenvalue weighted by Gasteiger charge is -2.12. The van der Waals surface area contributed by atoms with Crippen molar-refractivity contribution in [2.45, 2.75) is 13.3 Å². The Balaban J connectivity index is 2.15. The Bertz CT molecular complexity index is 932. The fourth-order valence-corrected chi connectivity index (χ4v) is 2.71. The lowest BCUT2D eigenvalue weighted by Crippen LogP contribution is -2.21. The first kappa shape index (κ1) is 17.7. The topological polar surface area (TPSA) is 68.5 Å². The highest BCUT2D eigenvalue weighted by molar-refractivity contribution is 5.90. The van der Waals surface area contributed by atoms with Gasteiger partial charge in [-0.25, -0.2) is 0 Å². The SMILES string of the molecule is CCc1ccc(-c2noc(C(=O)N(C)C)n2)c(-c2ccccc2OC)c1. The molecule has 0 bridgehead atoms. The number of amides is 1. The molecule has 0 atom stereocenters. The average Bonchev–Trinajstić information content (AvgIpc) is 3.16. The van der Waals surface area contributed by atoms with Gasteiger partial charge in [0.15, 0.2) is 0 Å². The highest BCUT2D eigenvalue weighted by atomic mass is 16.5. The maximum Gasteiger partial charge on any atom is 0.316 e. The number of aromatic nitrogens is 2. The van der Waals surface area contributed by atoms with E-state index >= 15 is 0 Å². The van der Waals surface area contributed by atoms with Crippen LogP contribution < -0.4 is 4.74 Å². The van der Waals surface area contributed by atoms with Crippen LogP contribution in [0.2, 0.25) is 0 Å². The van der Waals surface area contributed by atoms with Crippen molar-refractivity contribution in [1.29, 1.82) is 0 Å². The fraction of sp³-hybridized carbons (Fsp3) is 0.250. The molecule has 0 aliphatic carbocycles. The molecule has 26 heavy (non-hydrogen) atoms. The first-order chi connectivity index (χ1) is 12.5. The summed E-state index contributed by atoms with van der Waals surface area (Å²) in [5, 5.41) is 4.01. The van der Waals surface area contributed by atoms with Gasteiger partial charge in [-0.3, -0.25) is 4.79 Å². The molecule has 0 saturated carbocycles. The van der Waals surface area contributed by atoms with Gasteiger partial charge in [-0.1, -0.05) is 48.5 Å². The van der Waals surface area contributed by atoms with E-state index in [9.17, 15) is 4.79 Å². The number of benzene rings is 2. The molecule has 3 rings (SSSR count). The maximum atomic E-state index is 12.1. The van der Waals surface area contributed by atoms with E-state index in [1.807, 2.05) is 36.4 Å². The predicted octanol–water partition coefficient (Wildman–Crippen LogP) is 3.68. The molecule has 6 nitrogen and oxygen atoms in total. The summed E-state index contributed by atoms with van der Waals surface area (Å²) in [6.07, 6.45) is 0.902. The first-order valence-corrected chi connectivity index (χ1v) is 8.37. The molecule has 6 heteroatoms. The van der Waals surface area contributed by atoms with Crippen molar-refractivity contribution in [2.75, 3.05) is 21.2 Å². The minimum absolute atomic E-state index is 0.0319. The van der Waals surface area contributed by atoms with Gasteiger partial charge in [0, 0.05) is 25.2 Å². The predicted molar refractivity (Wildman–Crippen MR) is 99.1 cm³/mol. The van der Waals surface area contributed by atoms with Crippen LogP contribution >= 0.6 is 0 Å². The van der Waals surface area contributed by atoms with Crippen LogP contribution in [0.1, 0.15) is 23.2 Å². The van der Waals surface area contributed by atoms with Crippen LogP contribution in [-0.4, -0.2) is 42.2 Å². The van der Waals surface area contributed by atoms with Crippen LogP contribution in [0, 0.1) is 0 Å². The Morgan fingerprint density at radius 1 is 1.12 bits per heavy atom. The van der Waals surface area contributed by atoms with Gasteiger partial charge in [0.1, 0.15) is 5.75 Å². The van der Waals surface area contributed by atoms with Crippen molar-refractivity contribution in [3.63, 3.8) is 0 Å². The molecule has 134 valence electrons. The van der Waals surface area contributed by atoms with Crippen molar-refractivity contribution in [2.24, 2.45) is 0 Å². The number of hydrogen-bond acceptors (Lipinski definition) is 5. The molecule has 0 aliphatic rings. The van der Waals surface area contributed by atoms with Crippen LogP contribution in [0.4, 0.5) is 0 Å². The molecule has 0 radical (unpaired) electrons. The Kier molecular flexibility index (Phi) is 5.02. The quantitative estimate of drug-likeness (QED) is 0.701. The molecule has 1 aromatic heterocycles. The number of carbonyl (C=O) groups excluding carboxylic acids is 1. The molecular weight excluding hydrogens is 330 g/mol. The van der Waals surface area contributed by atoms with Gasteiger partial charge in [0.25, 0.3) is 0 Å². The highest BCUT2D eigenvalue weighted by Gasteiger charge is 2.20. The van der Waals surface area contributed by atoms with Crippen LogP contribution in [0.3, 0.4) is 0 Å². The highest BCUT2D eigenvalue weighted by Crippen LogP contribution is 2.37. The van der Waals surface area contributed by atoms with Gasteiger partial charge in [-0.05, 0) is 23.6 Å². The van der Waals surface area contributed by atoms with Crippen molar-refractivity contribution >= 4 is 5.91 Å². The maximum absolute atomic E-state index is 12.1. The number of nitrogens with zero attached hydrogens (tertiary/aromatic N) is 3. The molecule has 0 saturated heterocycles. The van der Waals surface area contributed by atoms with E-state index in [4.69, 9.17) is 9.26 Å². The summed E-state index contributed by atoms with van der Waals surface area (Å²) in [5.41, 5.74) is 3.84. The number of carbonyl (C=O) groups is 1. The van der Waals surface area contributed by atoms with E-state index in [2.05, 4.69) is 23.1 Å². The molecular formula is C20H21N3O3. The third kappa shape index (κ3) is 3.31. The Morgan fingerprint density at radius 2 is 1.88 bits per heavy atom. The summed E-state index contributed by atoms with van der Waals surface area (Å²) in [6, 6.07) is 13.9. The van der Waals surface area contributed by atoms with Crippen LogP contribution in [0.15, 0.2) is 47.0 Å². The van der Waals surface area contributed by atoms with E-state index in [-0.39, 0.29) is 11.8 Å². The van der Waals surface area contributed by atoms with E-state index in [0.29, 0.717) is 5.82 Å². The molecule has 1 amide bonds. The molecule has 0 fully saturated rings. The minimum Gasteiger partial charge on any atom is -0.496 e. The lowest BCUT2D eigenvalue weighted by atomic mass is 9.95. The van der Waals surface area contributed by atoms with Gasteiger partial charge in [-0.2, -0.15) is 4.98 Å². The lowest BCUT2D eigenvalue weighted by molar-refractivity contribution is 0.0779. The number of hydrogen-bond donors (Lipinski definition) is 0. The molecule has 0 unspecified atom stereocenters. The van der Waals surface area contributed by atoms with Crippen LogP contribution in [0.5, 0.6) is 5.75 Å². The van der Waals surface area contributed by atoms with Crippen molar-refractivity contribution in [1.82, 2.24) is 15.0 Å². The van der Waals surface area contributed by atoms with E-state index in [1.165, 1.54) is 10.5 Å². The smallest absolute Gasteiger partial charge is 0.316 e. The fourth-order valence-electron chi connectivity index (χ4n) is 2.71. The zero-order valence-electron chi connectivity index (χ0n) is 15.3. The van der Waals surface area contributed by atoms with Crippen LogP contribution in [0.25, 0.3) is 22.5 Å². The Labute approximate surface area is 152 Å². The normalized spacial score (nSPS) is 10.6. The largest absolute Gasteiger partial charge is 0.496 e. The number of aryl methyl sites for hydroxylation is 1. The number of rotatable bonds is 5. The van der Waals surface area contributed by atoms with Crippen molar-refractivity contribution < 1.29 is 14.1 Å². The first-order valence-electron chi connectivity index (χ1n) is 8.37. The number of ether oxygens (including phenoxy) is 1. The van der Waals surface area contributed by atoms with E-state index in [0.717, 1.165) is 28.9 Å². The summed E-state index contributed by atoms with van der Waals surface area (Å²) >= 11 is 0. The summed E-state index contributed by atoms with van der Waals surface area (Å²) in [7, 11) is 4.93. The number of para-hydroxylation sites is 1. The minimum atomic E-state index is -0.326. The second-order valence-corrected chi connectivity index (χ2v) is 6.06. The standard InChI is InChI=1S/C20H21N3O3/c1-5-13-10-11-15(18-21-19(26-22-18)20(24)23(2)3)16(12-13)14-8-6-7-9-17(14)25-4/h6-12H,5H2,1-4H3. The Morgan fingerprint density at radius 3 is 2.58 bits per heavy atom. The molecule has 0 aliphatic heterocycles. The Hall–Kier alpha value is -3.15. The monoisotopic (exact) mass is 351 g/mol. The van der Waals surface area contributed by atoms with Gasteiger partial charge >= 0.3 is 11.8 Å². The van der Waals surface area contributed by atoms with Crippen molar-refractivity contribution in [3.8, 4) is 28.3 Å². The third-order valence-corrected chi connectivity index (χ3v) is 4.15. The van der Waals surface area contributed by atoms with Crippen LogP contribution in [-0.2, 0) is 6.42 Å². The zero-order valence-corrected chi connectivity index (χ0v) is 15.3. The molecule has 3 aromatic rings. The van der Waals surface area contributed by atoms with Gasteiger partial charge in [0.05, 0.1) is 7.11 Å². The van der Waals surface area contributed by atoms with E-state index < -0.39 is 0 Å². The van der Waals surface area contributed by atoms with Gasteiger partial charge in [0.2, 0.25) is 5.82 Å². The molecule has 0 spiro atoms. The molecule has 1 heterocycles. The summed E-state index contributed by atoms with van der Waals surface area (Å²) in [5.74, 6) is 0.775. The van der Waals surface area contributed by atoms with E-state index in [1.54, 1.807) is 21.2 Å². The van der Waals surface area contributed by atoms with Gasteiger partial charge in [-0.15, -0.1) is 0 Å². The zero-order chi connectivity index (χ0) is 18.7. The summed E-state index contributed by atoms with van der Waals surface area (Å²) in [6.45, 7) is 2.10. The summed E-state index contributed by atoms with van der Waals surface area (Å²) in [4.78, 5) is 17.7. The number of methoxy groups -OCH3 is 1. The molecule has 0 N–H and O–H groups in total. The second-order valence-electron chi connectivity index (χ2n) is 6.06.